The van der Waals surface area contributed by atoms with E-state index in [0.717, 1.165) is 28.2 Å². The summed E-state index contributed by atoms with van der Waals surface area (Å²) in [5.74, 6) is 2.02. The van der Waals surface area contributed by atoms with Crippen molar-refractivity contribution in [2.24, 2.45) is 0 Å². The first-order valence-electron chi connectivity index (χ1n) is 10.0. The van der Waals surface area contributed by atoms with Gasteiger partial charge in [-0.3, -0.25) is 4.98 Å². The lowest BCUT2D eigenvalue weighted by molar-refractivity contribution is 0.481. The van der Waals surface area contributed by atoms with Gasteiger partial charge >= 0.3 is 0 Å². The standard InChI is InChI=1S/C25H21N5O/c1-16-13-23(25(29-17(16)2)21-5-3-4-10-26-21)31-20-9-12-28-24(15-20)30-19-7-6-18-8-11-27-22(18)14-19/h3-15,27H,1-2H3,(H,28,30). The molecule has 6 heteroatoms. The molecule has 0 spiro atoms. The fraction of sp³-hybridized carbons (Fsp3) is 0.0800. The summed E-state index contributed by atoms with van der Waals surface area (Å²) in [6.07, 6.45) is 5.41. The van der Waals surface area contributed by atoms with Gasteiger partial charge in [-0.25, -0.2) is 9.97 Å². The van der Waals surface area contributed by atoms with Gasteiger partial charge in [0.2, 0.25) is 0 Å². The maximum absolute atomic E-state index is 6.25. The van der Waals surface area contributed by atoms with Crippen LogP contribution in [0.4, 0.5) is 11.5 Å². The molecule has 1 aromatic carbocycles. The van der Waals surface area contributed by atoms with Gasteiger partial charge in [0, 0.05) is 41.6 Å². The van der Waals surface area contributed by atoms with Gasteiger partial charge in [-0.1, -0.05) is 12.1 Å². The van der Waals surface area contributed by atoms with Crippen molar-refractivity contribution in [1.29, 1.82) is 0 Å². The Morgan fingerprint density at radius 1 is 0.903 bits per heavy atom. The molecule has 5 aromatic rings. The van der Waals surface area contributed by atoms with Crippen LogP contribution < -0.4 is 10.1 Å². The normalized spacial score (nSPS) is 10.9. The van der Waals surface area contributed by atoms with Crippen molar-refractivity contribution < 1.29 is 4.74 Å². The third-order valence-electron chi connectivity index (χ3n) is 5.13. The number of H-pyrrole nitrogens is 1. The molecule has 0 aliphatic carbocycles. The lowest BCUT2D eigenvalue weighted by Gasteiger charge is -2.13. The average molecular weight is 407 g/mol. The van der Waals surface area contributed by atoms with Crippen molar-refractivity contribution in [3.63, 3.8) is 0 Å². The van der Waals surface area contributed by atoms with Gasteiger partial charge in [-0.2, -0.15) is 0 Å². The smallest absolute Gasteiger partial charge is 0.155 e. The monoisotopic (exact) mass is 407 g/mol. The van der Waals surface area contributed by atoms with Crippen molar-refractivity contribution in [3.05, 3.63) is 90.5 Å². The van der Waals surface area contributed by atoms with Crippen LogP contribution >= 0.6 is 0 Å². The first kappa shape index (κ1) is 18.8. The summed E-state index contributed by atoms with van der Waals surface area (Å²) >= 11 is 0. The van der Waals surface area contributed by atoms with Crippen LogP contribution in [0, 0.1) is 13.8 Å². The van der Waals surface area contributed by atoms with Gasteiger partial charge in [-0.05, 0) is 67.3 Å². The van der Waals surface area contributed by atoms with E-state index < -0.39 is 0 Å². The summed E-state index contributed by atoms with van der Waals surface area (Å²) in [5.41, 5.74) is 5.51. The number of anilines is 2. The average Bonchev–Trinajstić information content (AvgIpc) is 3.25. The third-order valence-corrected chi connectivity index (χ3v) is 5.13. The Morgan fingerprint density at radius 3 is 2.71 bits per heavy atom. The molecule has 0 amide bonds. The topological polar surface area (TPSA) is 75.7 Å². The number of benzene rings is 1. The zero-order valence-corrected chi connectivity index (χ0v) is 17.3. The fourth-order valence-corrected chi connectivity index (χ4v) is 3.39. The predicted molar refractivity (Wildman–Crippen MR) is 123 cm³/mol. The molecule has 31 heavy (non-hydrogen) atoms. The maximum atomic E-state index is 6.25. The lowest BCUT2D eigenvalue weighted by Crippen LogP contribution is -1.98. The maximum Gasteiger partial charge on any atom is 0.155 e. The summed E-state index contributed by atoms with van der Waals surface area (Å²) < 4.78 is 6.25. The van der Waals surface area contributed by atoms with Crippen molar-refractivity contribution in [3.8, 4) is 22.9 Å². The van der Waals surface area contributed by atoms with Crippen LogP contribution in [0.25, 0.3) is 22.3 Å². The second kappa shape index (κ2) is 7.91. The molecule has 0 aliphatic heterocycles. The molecule has 0 saturated heterocycles. The van der Waals surface area contributed by atoms with E-state index in [2.05, 4.69) is 32.4 Å². The van der Waals surface area contributed by atoms with Crippen LogP contribution in [0.3, 0.4) is 0 Å². The molecule has 5 rings (SSSR count). The quantitative estimate of drug-likeness (QED) is 0.364. The number of hydrogen-bond acceptors (Lipinski definition) is 5. The largest absolute Gasteiger partial charge is 0.455 e. The van der Waals surface area contributed by atoms with Crippen molar-refractivity contribution in [1.82, 2.24) is 19.9 Å². The number of nitrogens with zero attached hydrogens (tertiary/aromatic N) is 3. The lowest BCUT2D eigenvalue weighted by atomic mass is 10.1. The molecule has 0 unspecified atom stereocenters. The number of hydrogen-bond donors (Lipinski definition) is 2. The Kier molecular flexibility index (Phi) is 4.80. The minimum atomic E-state index is 0.659. The van der Waals surface area contributed by atoms with Gasteiger partial charge in [0.15, 0.2) is 5.75 Å². The summed E-state index contributed by atoms with van der Waals surface area (Å²) in [6.45, 7) is 4.01. The Hall–Kier alpha value is -4.19. The zero-order valence-electron chi connectivity index (χ0n) is 17.3. The third kappa shape index (κ3) is 3.96. The molecule has 0 bridgehead atoms. The highest BCUT2D eigenvalue weighted by atomic mass is 16.5. The number of nitrogens with one attached hydrogen (secondary N) is 2. The van der Waals surface area contributed by atoms with Crippen LogP contribution in [0.1, 0.15) is 11.3 Å². The van der Waals surface area contributed by atoms with E-state index in [9.17, 15) is 0 Å². The number of aryl methyl sites for hydroxylation is 2. The van der Waals surface area contributed by atoms with E-state index in [0.29, 0.717) is 23.0 Å². The summed E-state index contributed by atoms with van der Waals surface area (Å²) in [7, 11) is 0. The number of ether oxygens (including phenoxy) is 1. The molecule has 0 aliphatic rings. The van der Waals surface area contributed by atoms with Crippen LogP contribution in [0.2, 0.25) is 0 Å². The van der Waals surface area contributed by atoms with E-state index in [-0.39, 0.29) is 0 Å². The molecule has 152 valence electrons. The molecular weight excluding hydrogens is 386 g/mol. The Balaban J connectivity index is 1.45. The minimum absolute atomic E-state index is 0.659. The predicted octanol–water partition coefficient (Wildman–Crippen LogP) is 6.17. The second-order valence-electron chi connectivity index (χ2n) is 7.34. The molecule has 0 atom stereocenters. The van der Waals surface area contributed by atoms with Crippen LogP contribution in [-0.4, -0.2) is 19.9 Å². The second-order valence-corrected chi connectivity index (χ2v) is 7.34. The highest BCUT2D eigenvalue weighted by molar-refractivity contribution is 5.83. The molecule has 6 nitrogen and oxygen atoms in total. The van der Waals surface area contributed by atoms with Crippen LogP contribution in [0.15, 0.2) is 79.3 Å². The summed E-state index contributed by atoms with van der Waals surface area (Å²) in [4.78, 5) is 16.8. The number of rotatable bonds is 5. The SMILES string of the molecule is Cc1cc(Oc2ccnc(Nc3ccc4cc[nH]c4c3)c2)c(-c2ccccn2)nc1C. The summed E-state index contributed by atoms with van der Waals surface area (Å²) in [6, 6.07) is 19.6. The van der Waals surface area contributed by atoms with E-state index in [1.54, 1.807) is 12.4 Å². The van der Waals surface area contributed by atoms with Crippen molar-refractivity contribution in [2.75, 3.05) is 5.32 Å². The van der Waals surface area contributed by atoms with Crippen molar-refractivity contribution in [2.45, 2.75) is 13.8 Å². The van der Waals surface area contributed by atoms with Gasteiger partial charge < -0.3 is 15.0 Å². The highest BCUT2D eigenvalue weighted by Crippen LogP contribution is 2.33. The first-order chi connectivity index (χ1) is 15.2. The minimum Gasteiger partial charge on any atom is -0.455 e. The fourth-order valence-electron chi connectivity index (χ4n) is 3.39. The van der Waals surface area contributed by atoms with Crippen LogP contribution in [-0.2, 0) is 0 Å². The van der Waals surface area contributed by atoms with Gasteiger partial charge in [-0.15, -0.1) is 0 Å². The van der Waals surface area contributed by atoms with E-state index in [1.807, 2.05) is 68.6 Å². The molecule has 0 fully saturated rings. The van der Waals surface area contributed by atoms with E-state index in [4.69, 9.17) is 9.72 Å². The molecule has 0 saturated carbocycles. The molecule has 4 aromatic heterocycles. The van der Waals surface area contributed by atoms with Gasteiger partial charge in [0.1, 0.15) is 17.3 Å². The van der Waals surface area contributed by atoms with Gasteiger partial charge in [0.25, 0.3) is 0 Å². The van der Waals surface area contributed by atoms with E-state index >= 15 is 0 Å². The van der Waals surface area contributed by atoms with E-state index in [1.165, 1.54) is 5.39 Å². The van der Waals surface area contributed by atoms with Gasteiger partial charge in [0.05, 0.1) is 5.69 Å². The zero-order chi connectivity index (χ0) is 21.2. The Labute approximate surface area is 180 Å². The van der Waals surface area contributed by atoms with Crippen molar-refractivity contribution >= 4 is 22.4 Å². The molecule has 4 heterocycles. The Bertz CT molecular complexity index is 1360. The number of aromatic amines is 1. The first-order valence-corrected chi connectivity index (χ1v) is 10.0. The molecule has 2 N–H and O–H groups in total. The van der Waals surface area contributed by atoms with Crippen LogP contribution in [0.5, 0.6) is 11.5 Å². The molecular formula is C25H21N5O. The number of fused-ring (bicyclic) bond motifs is 1. The highest BCUT2D eigenvalue weighted by Gasteiger charge is 2.13. The Morgan fingerprint density at radius 2 is 1.84 bits per heavy atom. The molecule has 0 radical (unpaired) electrons. The number of aromatic nitrogens is 4. The summed E-state index contributed by atoms with van der Waals surface area (Å²) in [5, 5.41) is 4.51. The number of pyridine rings is 3.